The van der Waals surface area contributed by atoms with E-state index in [2.05, 4.69) is 15.0 Å². The second-order valence-corrected chi connectivity index (χ2v) is 4.52. The zero-order chi connectivity index (χ0) is 11.1. The van der Waals surface area contributed by atoms with Gasteiger partial charge in [-0.2, -0.15) is 0 Å². The number of halogens is 2. The third-order valence-electron chi connectivity index (χ3n) is 2.64. The van der Waals surface area contributed by atoms with Crippen molar-refractivity contribution in [1.29, 1.82) is 0 Å². The van der Waals surface area contributed by atoms with Gasteiger partial charge in [-0.3, -0.25) is 0 Å². The molecule has 84 valence electrons. The van der Waals surface area contributed by atoms with E-state index in [0.717, 1.165) is 30.8 Å². The van der Waals surface area contributed by atoms with Crippen molar-refractivity contribution in [3.05, 3.63) is 22.1 Å². The van der Waals surface area contributed by atoms with Gasteiger partial charge in [0.05, 0.1) is 10.5 Å². The Labute approximate surface area is 102 Å². The molecule has 16 heavy (non-hydrogen) atoms. The Balaban J connectivity index is 2.08. The van der Waals surface area contributed by atoms with Crippen LogP contribution in [-0.4, -0.2) is 21.6 Å². The smallest absolute Gasteiger partial charge is 0.179 e. The lowest BCUT2D eigenvalue weighted by atomic mass is 10.2. The normalized spacial score (nSPS) is 20.8. The van der Waals surface area contributed by atoms with E-state index in [9.17, 15) is 0 Å². The average Bonchev–Trinajstić information content (AvgIpc) is 2.86. The van der Waals surface area contributed by atoms with Gasteiger partial charge >= 0.3 is 0 Å². The van der Waals surface area contributed by atoms with Crippen molar-refractivity contribution in [3.8, 4) is 0 Å². The van der Waals surface area contributed by atoms with Crippen LogP contribution in [0.3, 0.4) is 0 Å². The van der Waals surface area contributed by atoms with Crippen LogP contribution in [0.4, 0.5) is 0 Å². The molecule has 1 fully saturated rings. The summed E-state index contributed by atoms with van der Waals surface area (Å²) in [5.41, 5.74) is 1.37. The van der Waals surface area contributed by atoms with E-state index in [0.29, 0.717) is 10.7 Å². The van der Waals surface area contributed by atoms with Crippen LogP contribution in [0.15, 0.2) is 6.07 Å². The Morgan fingerprint density at radius 1 is 1.38 bits per heavy atom. The zero-order valence-corrected chi connectivity index (χ0v) is 9.85. The largest absolute Gasteiger partial charge is 0.370 e. The minimum Gasteiger partial charge on any atom is -0.370 e. The minimum atomic E-state index is 0.0479. The van der Waals surface area contributed by atoms with E-state index in [1.54, 1.807) is 6.07 Å². The molecule has 2 aromatic heterocycles. The molecular weight excluding hydrogens is 249 g/mol. The first kappa shape index (κ1) is 10.3. The Kier molecular flexibility index (Phi) is 2.50. The quantitative estimate of drug-likeness (QED) is 0.799. The van der Waals surface area contributed by atoms with Crippen molar-refractivity contribution in [2.45, 2.75) is 18.9 Å². The van der Waals surface area contributed by atoms with Gasteiger partial charge in [0.25, 0.3) is 0 Å². The molecule has 0 bridgehead atoms. The molecule has 0 saturated carbocycles. The lowest BCUT2D eigenvalue weighted by Crippen LogP contribution is -1.97. The van der Waals surface area contributed by atoms with Gasteiger partial charge in [-0.05, 0) is 18.9 Å². The fourth-order valence-corrected chi connectivity index (χ4v) is 2.15. The van der Waals surface area contributed by atoms with E-state index in [4.69, 9.17) is 27.9 Å². The molecular formula is C10H9Cl2N3O. The molecule has 3 heterocycles. The summed E-state index contributed by atoms with van der Waals surface area (Å²) in [5.74, 6) is 0.804. The highest BCUT2D eigenvalue weighted by Gasteiger charge is 2.21. The van der Waals surface area contributed by atoms with E-state index in [-0.39, 0.29) is 11.3 Å². The number of aromatic amines is 1. The Bertz CT molecular complexity index is 495. The molecule has 0 amide bonds. The third kappa shape index (κ3) is 1.67. The molecule has 1 aliphatic heterocycles. The highest BCUT2D eigenvalue weighted by Crippen LogP contribution is 2.29. The van der Waals surface area contributed by atoms with Gasteiger partial charge in [0, 0.05) is 6.61 Å². The Morgan fingerprint density at radius 3 is 3.00 bits per heavy atom. The SMILES string of the molecule is Clc1cc2[nH]c(C3CCCO3)nc2nc1Cl. The molecule has 0 aliphatic carbocycles. The highest BCUT2D eigenvalue weighted by atomic mass is 35.5. The van der Waals surface area contributed by atoms with Crippen molar-refractivity contribution in [2.75, 3.05) is 6.61 Å². The van der Waals surface area contributed by atoms with E-state index in [1.165, 1.54) is 0 Å². The predicted octanol–water partition coefficient (Wildman–Crippen LogP) is 3.12. The van der Waals surface area contributed by atoms with Gasteiger partial charge in [-0.1, -0.05) is 23.2 Å². The first-order chi connectivity index (χ1) is 7.74. The summed E-state index contributed by atoms with van der Waals surface area (Å²) in [6.07, 6.45) is 2.10. The van der Waals surface area contributed by atoms with E-state index >= 15 is 0 Å². The number of H-pyrrole nitrogens is 1. The molecule has 1 saturated heterocycles. The number of nitrogens with one attached hydrogen (secondary N) is 1. The monoisotopic (exact) mass is 257 g/mol. The lowest BCUT2D eigenvalue weighted by Gasteiger charge is -2.03. The average molecular weight is 258 g/mol. The van der Waals surface area contributed by atoms with Gasteiger partial charge in [0.15, 0.2) is 5.65 Å². The molecule has 6 heteroatoms. The molecule has 1 unspecified atom stereocenters. The van der Waals surface area contributed by atoms with Crippen LogP contribution in [0.1, 0.15) is 24.8 Å². The lowest BCUT2D eigenvalue weighted by molar-refractivity contribution is 0.106. The highest BCUT2D eigenvalue weighted by molar-refractivity contribution is 6.41. The number of hydrogen-bond acceptors (Lipinski definition) is 3. The van der Waals surface area contributed by atoms with Gasteiger partial charge in [-0.25, -0.2) is 9.97 Å². The maximum Gasteiger partial charge on any atom is 0.179 e. The topological polar surface area (TPSA) is 50.8 Å². The van der Waals surface area contributed by atoms with Gasteiger partial charge in [-0.15, -0.1) is 0 Å². The van der Waals surface area contributed by atoms with Crippen molar-refractivity contribution in [3.63, 3.8) is 0 Å². The summed E-state index contributed by atoms with van der Waals surface area (Å²) < 4.78 is 5.54. The fraction of sp³-hybridized carbons (Fsp3) is 0.400. The summed E-state index contributed by atoms with van der Waals surface area (Å²) in [6.45, 7) is 0.788. The second kappa shape index (κ2) is 3.87. The number of ether oxygens (including phenoxy) is 1. The van der Waals surface area contributed by atoms with Gasteiger partial charge < -0.3 is 9.72 Å². The fourth-order valence-electron chi connectivity index (χ4n) is 1.86. The number of rotatable bonds is 1. The number of nitrogens with zero attached hydrogens (tertiary/aromatic N) is 2. The summed E-state index contributed by atoms with van der Waals surface area (Å²) in [4.78, 5) is 11.6. The minimum absolute atomic E-state index is 0.0479. The van der Waals surface area contributed by atoms with Crippen LogP contribution in [-0.2, 0) is 4.74 Å². The molecule has 0 radical (unpaired) electrons. The number of imidazole rings is 1. The molecule has 1 atom stereocenters. The summed E-state index contributed by atoms with van der Waals surface area (Å²) in [5, 5.41) is 0.705. The standard InChI is InChI=1S/C10H9Cl2N3O/c11-5-4-6-9(14-8(5)12)15-10(13-6)7-2-1-3-16-7/h4,7H,1-3H2,(H,13,14,15). The molecule has 2 aromatic rings. The zero-order valence-electron chi connectivity index (χ0n) is 8.33. The Morgan fingerprint density at radius 2 is 2.25 bits per heavy atom. The van der Waals surface area contributed by atoms with E-state index in [1.807, 2.05) is 0 Å². The van der Waals surface area contributed by atoms with Crippen LogP contribution in [0, 0.1) is 0 Å². The van der Waals surface area contributed by atoms with Crippen LogP contribution < -0.4 is 0 Å². The molecule has 1 aliphatic rings. The van der Waals surface area contributed by atoms with Crippen LogP contribution >= 0.6 is 23.2 Å². The number of hydrogen-bond donors (Lipinski definition) is 1. The second-order valence-electron chi connectivity index (χ2n) is 3.76. The molecule has 0 spiro atoms. The number of aromatic nitrogens is 3. The van der Waals surface area contributed by atoms with Crippen molar-refractivity contribution in [1.82, 2.24) is 15.0 Å². The summed E-state index contributed by atoms with van der Waals surface area (Å²) in [6, 6.07) is 1.73. The summed E-state index contributed by atoms with van der Waals surface area (Å²) in [7, 11) is 0. The summed E-state index contributed by atoms with van der Waals surface area (Å²) >= 11 is 11.7. The van der Waals surface area contributed by atoms with Crippen LogP contribution in [0.25, 0.3) is 11.2 Å². The number of pyridine rings is 1. The van der Waals surface area contributed by atoms with Crippen LogP contribution in [0.2, 0.25) is 10.2 Å². The van der Waals surface area contributed by atoms with Crippen LogP contribution in [0.5, 0.6) is 0 Å². The molecule has 1 N–H and O–H groups in total. The molecule has 0 aromatic carbocycles. The number of fused-ring (bicyclic) bond motifs is 1. The third-order valence-corrected chi connectivity index (χ3v) is 3.31. The maximum atomic E-state index is 5.88. The van der Waals surface area contributed by atoms with Gasteiger partial charge in [0.2, 0.25) is 0 Å². The van der Waals surface area contributed by atoms with Crippen molar-refractivity contribution in [2.24, 2.45) is 0 Å². The van der Waals surface area contributed by atoms with Crippen molar-refractivity contribution < 1.29 is 4.74 Å². The van der Waals surface area contributed by atoms with Crippen molar-refractivity contribution >= 4 is 34.4 Å². The van der Waals surface area contributed by atoms with E-state index < -0.39 is 0 Å². The maximum absolute atomic E-state index is 5.88. The Hall–Kier alpha value is -0.840. The van der Waals surface area contributed by atoms with Gasteiger partial charge in [0.1, 0.15) is 17.1 Å². The first-order valence-electron chi connectivity index (χ1n) is 5.07. The molecule has 4 nitrogen and oxygen atoms in total. The first-order valence-corrected chi connectivity index (χ1v) is 5.83. The predicted molar refractivity (Wildman–Crippen MR) is 61.8 cm³/mol. The molecule has 3 rings (SSSR count).